The Kier molecular flexibility index (Phi) is 5.79. The number of hydrogen-bond acceptors (Lipinski definition) is 4. The van der Waals surface area contributed by atoms with Crippen LogP contribution in [0.25, 0.3) is 0 Å². The predicted molar refractivity (Wildman–Crippen MR) is 94.7 cm³/mol. The average Bonchev–Trinajstić information content (AvgIpc) is 3.15. The number of hydrogen-bond donors (Lipinski definition) is 1. The molecule has 0 radical (unpaired) electrons. The molecule has 2 aliphatic rings. The van der Waals surface area contributed by atoms with E-state index in [0.29, 0.717) is 18.2 Å². The van der Waals surface area contributed by atoms with Crippen LogP contribution in [0.3, 0.4) is 0 Å². The van der Waals surface area contributed by atoms with Crippen LogP contribution in [0.5, 0.6) is 5.75 Å². The molecule has 0 amide bonds. The van der Waals surface area contributed by atoms with Gasteiger partial charge in [-0.15, -0.1) is 0 Å². The summed E-state index contributed by atoms with van der Waals surface area (Å²) >= 11 is 0. The van der Waals surface area contributed by atoms with Crippen molar-refractivity contribution >= 4 is 10.0 Å². The zero-order chi connectivity index (χ0) is 17.0. The lowest BCUT2D eigenvalue weighted by Crippen LogP contribution is -2.42. The largest absolute Gasteiger partial charge is 0.495 e. The Hall–Kier alpha value is -1.11. The van der Waals surface area contributed by atoms with Gasteiger partial charge in [0.25, 0.3) is 0 Å². The van der Waals surface area contributed by atoms with Gasteiger partial charge in [-0.1, -0.05) is 25.0 Å². The van der Waals surface area contributed by atoms with Crippen LogP contribution in [0.2, 0.25) is 0 Å². The number of benzene rings is 1. The molecule has 5 nitrogen and oxygen atoms in total. The zero-order valence-electron chi connectivity index (χ0n) is 14.4. The number of piperidine rings is 1. The third-order valence-electron chi connectivity index (χ3n) is 5.41. The minimum Gasteiger partial charge on any atom is -0.495 e. The summed E-state index contributed by atoms with van der Waals surface area (Å²) in [5, 5.41) is 0. The second kappa shape index (κ2) is 7.85. The molecule has 0 atom stereocenters. The maximum Gasteiger partial charge on any atom is 0.244 e. The summed E-state index contributed by atoms with van der Waals surface area (Å²) in [7, 11) is -2.03. The zero-order valence-corrected chi connectivity index (χ0v) is 15.2. The van der Waals surface area contributed by atoms with Gasteiger partial charge in [0, 0.05) is 12.6 Å². The van der Waals surface area contributed by atoms with E-state index >= 15 is 0 Å². The fourth-order valence-corrected chi connectivity index (χ4v) is 5.22. The van der Waals surface area contributed by atoms with Crippen molar-refractivity contribution in [3.8, 4) is 5.75 Å². The standard InChI is InChI=1S/C18H28N2O3S/c1-23-17-8-4-5-9-18(17)24(21,22)19-14-15-10-12-20(13-11-15)16-6-2-3-7-16/h4-5,8-9,15-16,19H,2-3,6-7,10-14H2,1H3. The first-order valence-corrected chi connectivity index (χ1v) is 10.4. The van der Waals surface area contributed by atoms with E-state index in [1.54, 1.807) is 24.3 Å². The van der Waals surface area contributed by atoms with Gasteiger partial charge in [0.1, 0.15) is 10.6 Å². The van der Waals surface area contributed by atoms with Crippen molar-refractivity contribution in [2.75, 3.05) is 26.7 Å². The Morgan fingerprint density at radius 1 is 1.12 bits per heavy atom. The number of nitrogens with one attached hydrogen (secondary N) is 1. The van der Waals surface area contributed by atoms with E-state index in [4.69, 9.17) is 4.74 Å². The first-order valence-electron chi connectivity index (χ1n) is 8.97. The van der Waals surface area contributed by atoms with E-state index in [1.807, 2.05) is 0 Å². The lowest BCUT2D eigenvalue weighted by molar-refractivity contribution is 0.135. The summed E-state index contributed by atoms with van der Waals surface area (Å²) in [6.45, 7) is 2.72. The Balaban J connectivity index is 1.52. The smallest absolute Gasteiger partial charge is 0.244 e. The van der Waals surface area contributed by atoms with Crippen LogP contribution in [0.4, 0.5) is 0 Å². The normalized spacial score (nSPS) is 21.2. The van der Waals surface area contributed by atoms with Gasteiger partial charge in [0.05, 0.1) is 7.11 Å². The SMILES string of the molecule is COc1ccccc1S(=O)(=O)NCC1CCN(C2CCCC2)CC1. The topological polar surface area (TPSA) is 58.6 Å². The van der Waals surface area contributed by atoms with E-state index in [0.717, 1.165) is 32.0 Å². The first kappa shape index (κ1) is 17.7. The summed E-state index contributed by atoms with van der Waals surface area (Å²) in [4.78, 5) is 2.83. The summed E-state index contributed by atoms with van der Waals surface area (Å²) in [6.07, 6.45) is 7.55. The molecule has 0 bridgehead atoms. The molecule has 1 aromatic rings. The fraction of sp³-hybridized carbons (Fsp3) is 0.667. The lowest BCUT2D eigenvalue weighted by atomic mass is 9.96. The molecule has 24 heavy (non-hydrogen) atoms. The van der Waals surface area contributed by atoms with Gasteiger partial charge in [0.2, 0.25) is 10.0 Å². The highest BCUT2D eigenvalue weighted by Gasteiger charge is 2.28. The van der Waals surface area contributed by atoms with Crippen molar-refractivity contribution in [3.63, 3.8) is 0 Å². The molecule has 1 aliphatic heterocycles. The molecule has 3 rings (SSSR count). The van der Waals surface area contributed by atoms with Crippen LogP contribution >= 0.6 is 0 Å². The number of likely N-dealkylation sites (tertiary alicyclic amines) is 1. The highest BCUT2D eigenvalue weighted by Crippen LogP contribution is 2.28. The maximum atomic E-state index is 12.5. The van der Waals surface area contributed by atoms with Crippen molar-refractivity contribution in [2.45, 2.75) is 49.5 Å². The molecule has 1 heterocycles. The minimum atomic E-state index is -3.52. The Labute approximate surface area is 145 Å². The molecule has 0 spiro atoms. The fourth-order valence-electron chi connectivity index (χ4n) is 3.94. The molecule has 0 unspecified atom stereocenters. The second-order valence-electron chi connectivity index (χ2n) is 6.92. The molecule has 0 aromatic heterocycles. The molecule has 134 valence electrons. The van der Waals surface area contributed by atoms with Crippen molar-refractivity contribution < 1.29 is 13.2 Å². The number of ether oxygens (including phenoxy) is 1. The van der Waals surface area contributed by atoms with E-state index < -0.39 is 10.0 Å². The first-order chi connectivity index (χ1) is 11.6. The predicted octanol–water partition coefficient (Wildman–Crippen LogP) is 2.63. The van der Waals surface area contributed by atoms with Crippen LogP contribution in [0, 0.1) is 5.92 Å². The molecular weight excluding hydrogens is 324 g/mol. The highest BCUT2D eigenvalue weighted by atomic mass is 32.2. The highest BCUT2D eigenvalue weighted by molar-refractivity contribution is 7.89. The van der Waals surface area contributed by atoms with E-state index in [1.165, 1.54) is 32.8 Å². The van der Waals surface area contributed by atoms with Crippen LogP contribution in [0.1, 0.15) is 38.5 Å². The number of rotatable bonds is 6. The summed E-state index contributed by atoms with van der Waals surface area (Å²) in [5.41, 5.74) is 0. The van der Waals surface area contributed by atoms with Gasteiger partial charge < -0.3 is 9.64 Å². The maximum absolute atomic E-state index is 12.5. The molecule has 1 saturated heterocycles. The monoisotopic (exact) mass is 352 g/mol. The van der Waals surface area contributed by atoms with Crippen LogP contribution < -0.4 is 9.46 Å². The van der Waals surface area contributed by atoms with Gasteiger partial charge in [0.15, 0.2) is 0 Å². The van der Waals surface area contributed by atoms with Crippen molar-refractivity contribution in [1.82, 2.24) is 9.62 Å². The summed E-state index contributed by atoms with van der Waals surface area (Å²) in [5.74, 6) is 0.813. The quantitative estimate of drug-likeness (QED) is 0.855. The molecule has 1 aliphatic carbocycles. The summed E-state index contributed by atoms with van der Waals surface area (Å²) < 4.78 is 33.0. The van der Waals surface area contributed by atoms with Crippen LogP contribution in [-0.4, -0.2) is 46.1 Å². The van der Waals surface area contributed by atoms with Crippen LogP contribution in [0.15, 0.2) is 29.2 Å². The van der Waals surface area contributed by atoms with E-state index in [2.05, 4.69) is 9.62 Å². The summed E-state index contributed by atoms with van der Waals surface area (Å²) in [6, 6.07) is 7.53. The van der Waals surface area contributed by atoms with Crippen molar-refractivity contribution in [3.05, 3.63) is 24.3 Å². The van der Waals surface area contributed by atoms with Gasteiger partial charge in [-0.25, -0.2) is 13.1 Å². The number of para-hydroxylation sites is 1. The third kappa shape index (κ3) is 4.10. The third-order valence-corrected chi connectivity index (χ3v) is 6.87. The lowest BCUT2D eigenvalue weighted by Gasteiger charge is -2.36. The van der Waals surface area contributed by atoms with Crippen molar-refractivity contribution in [1.29, 1.82) is 0 Å². The molecule has 1 aromatic carbocycles. The number of sulfonamides is 1. The molecule has 1 N–H and O–H groups in total. The second-order valence-corrected chi connectivity index (χ2v) is 8.66. The minimum absolute atomic E-state index is 0.218. The average molecular weight is 353 g/mol. The van der Waals surface area contributed by atoms with Crippen molar-refractivity contribution in [2.24, 2.45) is 5.92 Å². The van der Waals surface area contributed by atoms with Gasteiger partial charge in [-0.05, 0) is 56.8 Å². The van der Waals surface area contributed by atoms with Gasteiger partial charge in [-0.3, -0.25) is 0 Å². The molecule has 6 heteroatoms. The molecule has 1 saturated carbocycles. The number of nitrogens with zero attached hydrogens (tertiary/aromatic N) is 1. The van der Waals surface area contributed by atoms with E-state index in [-0.39, 0.29) is 4.90 Å². The Morgan fingerprint density at radius 2 is 1.79 bits per heavy atom. The van der Waals surface area contributed by atoms with E-state index in [9.17, 15) is 8.42 Å². The Morgan fingerprint density at radius 3 is 2.46 bits per heavy atom. The van der Waals surface area contributed by atoms with Crippen LogP contribution in [-0.2, 0) is 10.0 Å². The molecular formula is C18H28N2O3S. The number of methoxy groups -OCH3 is 1. The van der Waals surface area contributed by atoms with Gasteiger partial charge >= 0.3 is 0 Å². The Bertz CT molecular complexity index is 633. The molecule has 2 fully saturated rings. The van der Waals surface area contributed by atoms with Gasteiger partial charge in [-0.2, -0.15) is 0 Å².